The summed E-state index contributed by atoms with van der Waals surface area (Å²) >= 11 is 0. The van der Waals surface area contributed by atoms with Gasteiger partial charge in [0.25, 0.3) is 0 Å². The fraction of sp³-hybridized carbons (Fsp3) is 0.500. The van der Waals surface area contributed by atoms with Crippen molar-refractivity contribution in [3.8, 4) is 0 Å². The van der Waals surface area contributed by atoms with Crippen molar-refractivity contribution < 1.29 is 41.9 Å². The first kappa shape index (κ1) is 23.2. The summed E-state index contributed by atoms with van der Waals surface area (Å²) in [5.41, 5.74) is -2.41. The maximum absolute atomic E-state index is 15.1. The molecule has 1 aromatic carbocycles. The Morgan fingerprint density at radius 1 is 1.00 bits per heavy atom. The van der Waals surface area contributed by atoms with E-state index < -0.39 is 47.6 Å². The quantitative estimate of drug-likeness (QED) is 0.518. The van der Waals surface area contributed by atoms with Crippen LogP contribution in [0.15, 0.2) is 23.4 Å². The van der Waals surface area contributed by atoms with Crippen molar-refractivity contribution in [1.82, 2.24) is 0 Å². The third-order valence-electron chi connectivity index (χ3n) is 5.67. The molecule has 3 rings (SSSR count). The molecule has 0 atom stereocenters. The van der Waals surface area contributed by atoms with Crippen LogP contribution in [-0.2, 0) is 33.1 Å². The number of hydrogen-bond acceptors (Lipinski definition) is 8. The topological polar surface area (TPSA) is 83.5 Å². The minimum Gasteiger partial charge on any atom is -0.466 e. The number of esters is 2. The molecule has 0 aliphatic carbocycles. The zero-order valence-corrected chi connectivity index (χ0v) is 18.2. The largest absolute Gasteiger partial charge is 0.495 e. The highest BCUT2D eigenvalue weighted by atomic mass is 19.1. The number of hydrogen-bond donors (Lipinski definition) is 0. The molecule has 0 bridgehead atoms. The van der Waals surface area contributed by atoms with Gasteiger partial charge in [0.05, 0.1) is 37.6 Å². The van der Waals surface area contributed by atoms with Gasteiger partial charge in [-0.25, -0.2) is 18.4 Å². The van der Waals surface area contributed by atoms with E-state index in [0.29, 0.717) is 0 Å². The van der Waals surface area contributed by atoms with Crippen LogP contribution in [0.1, 0.15) is 27.7 Å². The normalized spacial score (nSPS) is 20.1. The molecule has 0 N–H and O–H groups in total. The van der Waals surface area contributed by atoms with E-state index in [0.717, 1.165) is 31.3 Å². The number of methoxy groups -OCH3 is 2. The van der Waals surface area contributed by atoms with Gasteiger partial charge < -0.3 is 28.4 Å². The van der Waals surface area contributed by atoms with Crippen molar-refractivity contribution in [2.45, 2.75) is 38.9 Å². The molecule has 2 heterocycles. The summed E-state index contributed by atoms with van der Waals surface area (Å²) in [5, 5.41) is 0. The molecule has 1 aromatic rings. The van der Waals surface area contributed by atoms with Gasteiger partial charge in [-0.1, -0.05) is 0 Å². The Kier molecular flexibility index (Phi) is 6.14. The Morgan fingerprint density at radius 3 is 2.00 bits per heavy atom. The summed E-state index contributed by atoms with van der Waals surface area (Å²) < 4.78 is 56.6. The first-order chi connectivity index (χ1) is 14.4. The molecule has 31 heavy (non-hydrogen) atoms. The number of nitrogens with zero attached hydrogens (tertiary/aromatic N) is 1. The average molecular weight is 439 g/mol. The number of carbonyl (C=O) groups is 2. The molecule has 2 aliphatic heterocycles. The molecule has 0 spiro atoms. The highest BCUT2D eigenvalue weighted by Crippen LogP contribution is 2.37. The zero-order valence-electron chi connectivity index (χ0n) is 18.2. The number of carbonyl (C=O) groups excluding carboxylic acids is 2. The minimum atomic E-state index is -0.999. The molecule has 0 amide bonds. The molecule has 11 heteroatoms. The Morgan fingerprint density at radius 2 is 1.52 bits per heavy atom. The van der Waals surface area contributed by atoms with E-state index in [1.807, 2.05) is 27.7 Å². The number of anilines is 1. The van der Waals surface area contributed by atoms with Crippen molar-refractivity contribution in [3.05, 3.63) is 35.0 Å². The molecule has 2 aliphatic rings. The molecule has 168 valence electrons. The Hall–Kier alpha value is -2.50. The van der Waals surface area contributed by atoms with Crippen LogP contribution in [0.4, 0.5) is 14.5 Å². The second-order valence-corrected chi connectivity index (χ2v) is 8.14. The van der Waals surface area contributed by atoms with Gasteiger partial charge >= 0.3 is 19.1 Å². The number of ether oxygens (including phenoxy) is 3. The lowest BCUT2D eigenvalue weighted by Gasteiger charge is -2.32. The standard InChI is InChI=1S/C20H24BF2NO7/c1-19(2)20(3,4)31-21(30-19)11-7-13(22)16(14(23)8-11)24-10-29-9-12(17(25)27-5)15(24)18(26)28-6/h7-8H,9-10H2,1-6H3. The van der Waals surface area contributed by atoms with E-state index in [1.54, 1.807) is 0 Å². The third-order valence-corrected chi connectivity index (χ3v) is 5.67. The van der Waals surface area contributed by atoms with Crippen molar-refractivity contribution in [1.29, 1.82) is 0 Å². The second kappa shape index (κ2) is 8.21. The fourth-order valence-electron chi connectivity index (χ4n) is 3.28. The Labute approximate surface area is 179 Å². The second-order valence-electron chi connectivity index (χ2n) is 8.14. The van der Waals surface area contributed by atoms with Crippen LogP contribution in [0, 0.1) is 11.6 Å². The molecule has 0 radical (unpaired) electrons. The van der Waals surface area contributed by atoms with E-state index in [2.05, 4.69) is 4.74 Å². The lowest BCUT2D eigenvalue weighted by molar-refractivity contribution is -0.140. The predicted octanol–water partition coefficient (Wildman–Crippen LogP) is 1.66. The maximum Gasteiger partial charge on any atom is 0.495 e. The van der Waals surface area contributed by atoms with Gasteiger partial charge in [0.15, 0.2) is 0 Å². The zero-order chi connectivity index (χ0) is 23.1. The van der Waals surface area contributed by atoms with Crippen LogP contribution in [-0.4, -0.2) is 57.8 Å². The summed E-state index contributed by atoms with van der Waals surface area (Å²) in [6.07, 6.45) is 0. The number of benzene rings is 1. The molecule has 0 aromatic heterocycles. The van der Waals surface area contributed by atoms with Gasteiger partial charge in [-0.15, -0.1) is 0 Å². The van der Waals surface area contributed by atoms with Crippen LogP contribution in [0.2, 0.25) is 0 Å². The van der Waals surface area contributed by atoms with Gasteiger partial charge in [0, 0.05) is 0 Å². The molecule has 0 saturated carbocycles. The SMILES string of the molecule is COC(=O)C1=C(C(=O)OC)N(c2c(F)cc(B3OC(C)(C)C(C)(C)O3)cc2F)COC1. The van der Waals surface area contributed by atoms with E-state index in [9.17, 15) is 9.59 Å². The minimum absolute atomic E-state index is 0.132. The summed E-state index contributed by atoms with van der Waals surface area (Å²) in [4.78, 5) is 25.3. The maximum atomic E-state index is 15.1. The lowest BCUT2D eigenvalue weighted by atomic mass is 9.79. The van der Waals surface area contributed by atoms with Gasteiger partial charge in [-0.3, -0.25) is 0 Å². The van der Waals surface area contributed by atoms with Crippen molar-refractivity contribution in [2.24, 2.45) is 0 Å². The molecule has 8 nitrogen and oxygen atoms in total. The first-order valence-corrected chi connectivity index (χ1v) is 9.53. The Balaban J connectivity index is 2.05. The predicted molar refractivity (Wildman–Crippen MR) is 106 cm³/mol. The first-order valence-electron chi connectivity index (χ1n) is 9.53. The van der Waals surface area contributed by atoms with E-state index in [4.69, 9.17) is 18.8 Å². The summed E-state index contributed by atoms with van der Waals surface area (Å²) in [6, 6.07) is 2.11. The third kappa shape index (κ3) is 4.05. The van der Waals surface area contributed by atoms with Crippen molar-refractivity contribution in [2.75, 3.05) is 32.5 Å². The van der Waals surface area contributed by atoms with Crippen LogP contribution in [0.25, 0.3) is 0 Å². The molecule has 1 fully saturated rings. The van der Waals surface area contributed by atoms with Crippen LogP contribution in [0.5, 0.6) is 0 Å². The highest BCUT2D eigenvalue weighted by molar-refractivity contribution is 6.62. The van der Waals surface area contributed by atoms with Gasteiger partial charge in [-0.05, 0) is 45.3 Å². The molecular weight excluding hydrogens is 415 g/mol. The lowest BCUT2D eigenvalue weighted by Crippen LogP contribution is -2.41. The highest BCUT2D eigenvalue weighted by Gasteiger charge is 2.52. The van der Waals surface area contributed by atoms with Gasteiger partial charge in [-0.2, -0.15) is 0 Å². The van der Waals surface area contributed by atoms with E-state index >= 15 is 8.78 Å². The van der Waals surface area contributed by atoms with Crippen LogP contribution in [0.3, 0.4) is 0 Å². The molecular formula is C20H24BF2NO7. The fourth-order valence-corrected chi connectivity index (χ4v) is 3.28. The van der Waals surface area contributed by atoms with Crippen molar-refractivity contribution >= 4 is 30.2 Å². The average Bonchev–Trinajstić information content (AvgIpc) is 2.93. The summed E-state index contributed by atoms with van der Waals surface area (Å²) in [5.74, 6) is -3.83. The Bertz CT molecular complexity index is 908. The van der Waals surface area contributed by atoms with Gasteiger partial charge in [0.2, 0.25) is 0 Å². The summed E-state index contributed by atoms with van der Waals surface area (Å²) in [7, 11) is 1.22. The molecule has 0 unspecified atom stereocenters. The smallest absolute Gasteiger partial charge is 0.466 e. The number of rotatable bonds is 4. The van der Waals surface area contributed by atoms with E-state index in [-0.39, 0.29) is 30.1 Å². The number of halogens is 2. The van der Waals surface area contributed by atoms with Crippen molar-refractivity contribution in [3.63, 3.8) is 0 Å². The monoisotopic (exact) mass is 439 g/mol. The molecule has 1 saturated heterocycles. The van der Waals surface area contributed by atoms with Crippen LogP contribution >= 0.6 is 0 Å². The summed E-state index contributed by atoms with van der Waals surface area (Å²) in [6.45, 7) is 6.63. The van der Waals surface area contributed by atoms with Crippen LogP contribution < -0.4 is 10.4 Å². The van der Waals surface area contributed by atoms with Gasteiger partial charge in [0.1, 0.15) is 29.7 Å². The van der Waals surface area contributed by atoms with E-state index in [1.165, 1.54) is 0 Å².